The van der Waals surface area contributed by atoms with Crippen LogP contribution in [0.1, 0.15) is 29.3 Å². The first kappa shape index (κ1) is 18.7. The molecule has 1 aliphatic rings. The standard InChI is InChI=1S/C17H23N5O.HI/c1-13-20-16(23-21-13)8-5-10-19-17(18-2)22-11-9-14-6-3-4-7-15(14)12-22;/h3-4,6-7H,5,8-12H2,1-2H3,(H,18,19);1H. The third-order valence-corrected chi connectivity index (χ3v) is 4.06. The van der Waals surface area contributed by atoms with E-state index in [1.54, 1.807) is 0 Å². The van der Waals surface area contributed by atoms with Crippen LogP contribution in [0.25, 0.3) is 0 Å². The van der Waals surface area contributed by atoms with Crippen LogP contribution in [0.5, 0.6) is 0 Å². The number of hydrogen-bond donors (Lipinski definition) is 1. The lowest BCUT2D eigenvalue weighted by Crippen LogP contribution is -2.44. The van der Waals surface area contributed by atoms with Gasteiger partial charge in [-0.2, -0.15) is 4.98 Å². The second-order valence-corrected chi connectivity index (χ2v) is 5.75. The lowest BCUT2D eigenvalue weighted by molar-refractivity contribution is 0.367. The Kier molecular flexibility index (Phi) is 7.01. The van der Waals surface area contributed by atoms with E-state index in [9.17, 15) is 0 Å². The molecule has 7 heteroatoms. The minimum Gasteiger partial charge on any atom is -0.356 e. The van der Waals surface area contributed by atoms with Crippen molar-refractivity contribution in [3.8, 4) is 0 Å². The molecular formula is C17H24IN5O. The predicted octanol–water partition coefficient (Wildman–Crippen LogP) is 2.56. The van der Waals surface area contributed by atoms with Crippen LogP contribution in [0.3, 0.4) is 0 Å². The molecule has 1 aromatic carbocycles. The first-order valence-corrected chi connectivity index (χ1v) is 8.08. The summed E-state index contributed by atoms with van der Waals surface area (Å²) in [5, 5.41) is 7.24. The highest BCUT2D eigenvalue weighted by Gasteiger charge is 2.18. The quantitative estimate of drug-likeness (QED) is 0.342. The average Bonchev–Trinajstić information content (AvgIpc) is 3.00. The molecule has 0 bridgehead atoms. The molecule has 0 aliphatic carbocycles. The van der Waals surface area contributed by atoms with E-state index in [1.807, 2.05) is 14.0 Å². The van der Waals surface area contributed by atoms with Gasteiger partial charge in [-0.3, -0.25) is 4.99 Å². The summed E-state index contributed by atoms with van der Waals surface area (Å²) < 4.78 is 5.12. The molecule has 130 valence electrons. The van der Waals surface area contributed by atoms with Crippen molar-refractivity contribution in [1.29, 1.82) is 0 Å². The van der Waals surface area contributed by atoms with Gasteiger partial charge in [0.1, 0.15) is 0 Å². The molecule has 0 spiro atoms. The van der Waals surface area contributed by atoms with E-state index in [4.69, 9.17) is 4.52 Å². The fourth-order valence-corrected chi connectivity index (χ4v) is 2.89. The Hall–Kier alpha value is -1.64. The summed E-state index contributed by atoms with van der Waals surface area (Å²) in [6.07, 6.45) is 2.79. The van der Waals surface area contributed by atoms with E-state index in [0.717, 1.165) is 44.9 Å². The van der Waals surface area contributed by atoms with Crippen LogP contribution in [0.2, 0.25) is 0 Å². The molecule has 0 saturated carbocycles. The van der Waals surface area contributed by atoms with Crippen LogP contribution < -0.4 is 5.32 Å². The van der Waals surface area contributed by atoms with Crippen molar-refractivity contribution in [3.63, 3.8) is 0 Å². The summed E-state index contributed by atoms with van der Waals surface area (Å²) in [5.41, 5.74) is 2.84. The maximum Gasteiger partial charge on any atom is 0.226 e. The van der Waals surface area contributed by atoms with Crippen molar-refractivity contribution in [2.45, 2.75) is 32.7 Å². The number of aliphatic imine (C=N–C) groups is 1. The molecule has 1 N–H and O–H groups in total. The molecule has 0 atom stereocenters. The average molecular weight is 441 g/mol. The first-order valence-electron chi connectivity index (χ1n) is 8.08. The number of aromatic nitrogens is 2. The van der Waals surface area contributed by atoms with Crippen LogP contribution in [-0.2, 0) is 19.4 Å². The van der Waals surface area contributed by atoms with Gasteiger partial charge in [-0.25, -0.2) is 0 Å². The zero-order valence-electron chi connectivity index (χ0n) is 14.2. The number of benzene rings is 1. The Morgan fingerprint density at radius 2 is 2.12 bits per heavy atom. The van der Waals surface area contributed by atoms with E-state index in [-0.39, 0.29) is 24.0 Å². The largest absolute Gasteiger partial charge is 0.356 e. The summed E-state index contributed by atoms with van der Waals surface area (Å²) >= 11 is 0. The maximum atomic E-state index is 5.12. The first-order chi connectivity index (χ1) is 11.3. The molecule has 24 heavy (non-hydrogen) atoms. The second kappa shape index (κ2) is 9.00. The monoisotopic (exact) mass is 441 g/mol. The molecule has 0 fully saturated rings. The molecule has 1 aliphatic heterocycles. The molecule has 0 radical (unpaired) electrons. The van der Waals surface area contributed by atoms with Gasteiger partial charge in [0.05, 0.1) is 0 Å². The number of halogens is 1. The van der Waals surface area contributed by atoms with Gasteiger partial charge in [0.25, 0.3) is 0 Å². The maximum absolute atomic E-state index is 5.12. The van der Waals surface area contributed by atoms with Gasteiger partial charge in [-0.05, 0) is 30.9 Å². The highest BCUT2D eigenvalue weighted by atomic mass is 127. The van der Waals surface area contributed by atoms with Crippen LogP contribution in [0.4, 0.5) is 0 Å². The molecule has 3 rings (SSSR count). The summed E-state index contributed by atoms with van der Waals surface area (Å²) in [5.74, 6) is 2.35. The minimum absolute atomic E-state index is 0. The summed E-state index contributed by atoms with van der Waals surface area (Å²) in [6, 6.07) is 8.63. The van der Waals surface area contributed by atoms with Crippen LogP contribution >= 0.6 is 24.0 Å². The van der Waals surface area contributed by atoms with Gasteiger partial charge < -0.3 is 14.7 Å². The summed E-state index contributed by atoms with van der Waals surface area (Å²) in [6.45, 7) is 4.59. The van der Waals surface area contributed by atoms with E-state index < -0.39 is 0 Å². The van der Waals surface area contributed by atoms with Crippen LogP contribution in [-0.4, -0.2) is 41.1 Å². The zero-order chi connectivity index (χ0) is 16.1. The van der Waals surface area contributed by atoms with Gasteiger partial charge in [0, 0.05) is 33.1 Å². The van der Waals surface area contributed by atoms with Gasteiger partial charge in [0.2, 0.25) is 5.89 Å². The van der Waals surface area contributed by atoms with Gasteiger partial charge in [-0.15, -0.1) is 24.0 Å². The van der Waals surface area contributed by atoms with Crippen molar-refractivity contribution in [2.75, 3.05) is 20.1 Å². The number of nitrogens with zero attached hydrogens (tertiary/aromatic N) is 4. The summed E-state index contributed by atoms with van der Waals surface area (Å²) in [7, 11) is 1.84. The van der Waals surface area contributed by atoms with E-state index in [0.29, 0.717) is 11.7 Å². The van der Waals surface area contributed by atoms with Gasteiger partial charge >= 0.3 is 0 Å². The van der Waals surface area contributed by atoms with Gasteiger partial charge in [-0.1, -0.05) is 29.4 Å². The SMILES string of the molecule is CN=C(NCCCc1nc(C)no1)N1CCc2ccccc2C1.I. The Morgan fingerprint density at radius 3 is 2.83 bits per heavy atom. The Labute approximate surface area is 159 Å². The predicted molar refractivity (Wildman–Crippen MR) is 105 cm³/mol. The third kappa shape index (κ3) is 4.68. The van der Waals surface area contributed by atoms with Crippen molar-refractivity contribution >= 4 is 29.9 Å². The fraction of sp³-hybridized carbons (Fsp3) is 0.471. The lowest BCUT2D eigenvalue weighted by Gasteiger charge is -2.31. The number of aryl methyl sites for hydroxylation is 2. The molecule has 6 nitrogen and oxygen atoms in total. The molecule has 2 heterocycles. The highest BCUT2D eigenvalue weighted by Crippen LogP contribution is 2.18. The Morgan fingerprint density at radius 1 is 1.33 bits per heavy atom. The third-order valence-electron chi connectivity index (χ3n) is 4.06. The number of fused-ring (bicyclic) bond motifs is 1. The van der Waals surface area contributed by atoms with Crippen molar-refractivity contribution in [1.82, 2.24) is 20.4 Å². The van der Waals surface area contributed by atoms with Crippen LogP contribution in [0, 0.1) is 6.92 Å². The van der Waals surface area contributed by atoms with Crippen LogP contribution in [0.15, 0.2) is 33.8 Å². The van der Waals surface area contributed by atoms with E-state index in [1.165, 1.54) is 11.1 Å². The molecule has 2 aromatic rings. The highest BCUT2D eigenvalue weighted by molar-refractivity contribution is 14.0. The molecule has 0 unspecified atom stereocenters. The number of hydrogen-bond acceptors (Lipinski definition) is 4. The molecule has 0 amide bonds. The molecular weight excluding hydrogens is 417 g/mol. The Balaban J connectivity index is 0.00000208. The normalized spacial score (nSPS) is 14.1. The topological polar surface area (TPSA) is 66.5 Å². The summed E-state index contributed by atoms with van der Waals surface area (Å²) in [4.78, 5) is 10.9. The number of rotatable bonds is 4. The number of nitrogens with one attached hydrogen (secondary N) is 1. The zero-order valence-corrected chi connectivity index (χ0v) is 16.5. The Bertz CT molecular complexity index is 685. The van der Waals surface area contributed by atoms with E-state index in [2.05, 4.69) is 49.6 Å². The fourth-order valence-electron chi connectivity index (χ4n) is 2.89. The van der Waals surface area contributed by atoms with E-state index >= 15 is 0 Å². The van der Waals surface area contributed by atoms with Crippen molar-refractivity contribution < 1.29 is 4.52 Å². The lowest BCUT2D eigenvalue weighted by atomic mass is 10.0. The molecule has 1 aromatic heterocycles. The number of guanidine groups is 1. The second-order valence-electron chi connectivity index (χ2n) is 5.75. The molecule has 0 saturated heterocycles. The smallest absolute Gasteiger partial charge is 0.226 e. The van der Waals surface area contributed by atoms with Crippen molar-refractivity contribution in [2.24, 2.45) is 4.99 Å². The minimum atomic E-state index is 0. The van der Waals surface area contributed by atoms with Crippen molar-refractivity contribution in [3.05, 3.63) is 47.1 Å². The van der Waals surface area contributed by atoms with Gasteiger partial charge in [0.15, 0.2) is 11.8 Å².